The van der Waals surface area contributed by atoms with Gasteiger partial charge in [0.05, 0.1) is 17.7 Å². The minimum absolute atomic E-state index is 0. The Kier molecular flexibility index (Phi) is 5.11. The van der Waals surface area contributed by atoms with Gasteiger partial charge in [-0.25, -0.2) is 0 Å². The van der Waals surface area contributed by atoms with E-state index in [2.05, 4.69) is 36.1 Å². The molecule has 2 aromatic carbocycles. The van der Waals surface area contributed by atoms with Crippen LogP contribution in [0.5, 0.6) is 0 Å². The lowest BCUT2D eigenvalue weighted by Crippen LogP contribution is -2.45. The molecule has 4 nitrogen and oxygen atoms in total. The van der Waals surface area contributed by atoms with E-state index in [-0.39, 0.29) is 12.8 Å². The van der Waals surface area contributed by atoms with Crippen molar-refractivity contribution < 1.29 is 4.74 Å². The van der Waals surface area contributed by atoms with Crippen LogP contribution >= 0.6 is 0 Å². The number of hydrogen-bond acceptors (Lipinski definition) is 4. The minimum atomic E-state index is -0.551. The lowest BCUT2D eigenvalue weighted by molar-refractivity contribution is 0.00684. The monoisotopic (exact) mass is 437 g/mol. The van der Waals surface area contributed by atoms with E-state index in [4.69, 9.17) is 15.5 Å². The molecule has 4 aliphatic rings. The number of ether oxygens (including phenoxy) is 1. The molecule has 33 heavy (non-hydrogen) atoms. The standard InChI is InChI=1S/C28H27N3O.CH4/c1-32-22-10-12-27(13-11-22)16-21-8-6-19(5-4-18-2-3-18)14-24(21)28(27)25-15-20(17-29)7-9-23(25)26(30)31-28;/h6-9,14-15,18,22H,2-3,10-13,16H2,1H3,(H2,30,31);1H4. The van der Waals surface area contributed by atoms with Crippen molar-refractivity contribution in [1.82, 2.24) is 0 Å². The largest absolute Gasteiger partial charge is 0.383 e. The van der Waals surface area contributed by atoms with Gasteiger partial charge in [0.15, 0.2) is 0 Å². The summed E-state index contributed by atoms with van der Waals surface area (Å²) in [6, 6.07) is 14.9. The second kappa shape index (κ2) is 7.75. The fourth-order valence-electron chi connectivity index (χ4n) is 6.30. The first-order valence-corrected chi connectivity index (χ1v) is 11.7. The number of nitriles is 1. The van der Waals surface area contributed by atoms with Crippen molar-refractivity contribution in [3.63, 3.8) is 0 Å². The molecule has 168 valence electrons. The van der Waals surface area contributed by atoms with Crippen molar-refractivity contribution in [1.29, 1.82) is 5.26 Å². The Labute approximate surface area is 196 Å². The molecule has 1 heterocycles. The molecule has 0 saturated heterocycles. The zero-order chi connectivity index (χ0) is 21.9. The van der Waals surface area contributed by atoms with Gasteiger partial charge in [0, 0.05) is 29.6 Å². The summed E-state index contributed by atoms with van der Waals surface area (Å²) in [7, 11) is 1.81. The van der Waals surface area contributed by atoms with E-state index >= 15 is 0 Å². The van der Waals surface area contributed by atoms with Crippen LogP contribution in [0.3, 0.4) is 0 Å². The second-order valence-electron chi connectivity index (χ2n) is 9.89. The third kappa shape index (κ3) is 3.12. The van der Waals surface area contributed by atoms with Crippen molar-refractivity contribution >= 4 is 5.84 Å². The molecular weight excluding hydrogens is 406 g/mol. The van der Waals surface area contributed by atoms with Crippen LogP contribution in [-0.4, -0.2) is 19.0 Å². The highest BCUT2D eigenvalue weighted by molar-refractivity contribution is 6.03. The molecule has 2 aromatic rings. The molecule has 2 N–H and O–H groups in total. The molecule has 1 atom stereocenters. The van der Waals surface area contributed by atoms with E-state index < -0.39 is 5.54 Å². The minimum Gasteiger partial charge on any atom is -0.383 e. The Hall–Kier alpha value is -3.08. The quantitative estimate of drug-likeness (QED) is 0.635. The van der Waals surface area contributed by atoms with Gasteiger partial charge in [-0.3, -0.25) is 4.99 Å². The molecule has 3 aliphatic carbocycles. The predicted octanol–water partition coefficient (Wildman–Crippen LogP) is 5.05. The number of aliphatic imine (C=N–C) groups is 1. The summed E-state index contributed by atoms with van der Waals surface area (Å²) in [6.07, 6.45) is 7.79. The van der Waals surface area contributed by atoms with Gasteiger partial charge >= 0.3 is 0 Å². The van der Waals surface area contributed by atoms with Gasteiger partial charge < -0.3 is 10.5 Å². The highest BCUT2D eigenvalue weighted by Gasteiger charge is 2.62. The fraction of sp³-hybridized carbons (Fsp3) is 0.448. The molecule has 2 saturated carbocycles. The molecule has 4 heteroatoms. The maximum absolute atomic E-state index is 9.65. The number of nitrogens with two attached hydrogens (primary N) is 1. The van der Waals surface area contributed by atoms with Crippen LogP contribution in [0.15, 0.2) is 41.4 Å². The zero-order valence-corrected chi connectivity index (χ0v) is 18.4. The van der Waals surface area contributed by atoms with Gasteiger partial charge in [0.1, 0.15) is 11.4 Å². The number of benzene rings is 2. The Morgan fingerprint density at radius 1 is 1.03 bits per heavy atom. The molecule has 0 bridgehead atoms. The topological polar surface area (TPSA) is 71.4 Å². The smallest absolute Gasteiger partial charge is 0.127 e. The summed E-state index contributed by atoms with van der Waals surface area (Å²) in [6.45, 7) is 0. The summed E-state index contributed by atoms with van der Waals surface area (Å²) in [5.74, 6) is 7.95. The molecular formula is C29H31N3O. The van der Waals surface area contributed by atoms with Crippen molar-refractivity contribution in [2.45, 2.75) is 64.0 Å². The summed E-state index contributed by atoms with van der Waals surface area (Å²) in [5, 5.41) is 9.65. The van der Waals surface area contributed by atoms with E-state index in [1.54, 1.807) is 0 Å². The zero-order valence-electron chi connectivity index (χ0n) is 18.4. The maximum atomic E-state index is 9.65. The fourth-order valence-corrected chi connectivity index (χ4v) is 6.30. The predicted molar refractivity (Wildman–Crippen MR) is 131 cm³/mol. The molecule has 0 amide bonds. The highest BCUT2D eigenvalue weighted by atomic mass is 16.5. The molecule has 2 spiro atoms. The first-order chi connectivity index (χ1) is 15.6. The third-order valence-corrected chi connectivity index (χ3v) is 8.12. The lowest BCUT2D eigenvalue weighted by Gasteiger charge is -2.47. The average molecular weight is 438 g/mol. The van der Waals surface area contributed by atoms with Crippen LogP contribution in [-0.2, 0) is 16.7 Å². The maximum Gasteiger partial charge on any atom is 0.127 e. The second-order valence-corrected chi connectivity index (χ2v) is 9.89. The number of methoxy groups -OCH3 is 1. The molecule has 0 radical (unpaired) electrons. The molecule has 1 unspecified atom stereocenters. The van der Waals surface area contributed by atoms with Crippen molar-refractivity contribution in [2.24, 2.45) is 22.1 Å². The van der Waals surface area contributed by atoms with E-state index in [0.717, 1.165) is 48.8 Å². The highest BCUT2D eigenvalue weighted by Crippen LogP contribution is 2.64. The summed E-state index contributed by atoms with van der Waals surface area (Å²) in [4.78, 5) is 5.28. The average Bonchev–Trinajstić information content (AvgIpc) is 3.56. The van der Waals surface area contributed by atoms with E-state index in [1.165, 1.54) is 24.0 Å². The summed E-state index contributed by atoms with van der Waals surface area (Å²) in [5.41, 5.74) is 12.3. The molecule has 0 aromatic heterocycles. The Morgan fingerprint density at radius 2 is 1.76 bits per heavy atom. The number of rotatable bonds is 1. The lowest BCUT2D eigenvalue weighted by atomic mass is 9.59. The third-order valence-electron chi connectivity index (χ3n) is 8.12. The SMILES string of the molecule is C.COC1CCC2(CC1)Cc1ccc(C#CC3CC3)cc1C21N=C(N)c2ccc(C#N)cc21. The van der Waals surface area contributed by atoms with Gasteiger partial charge in [-0.15, -0.1) is 0 Å². The van der Waals surface area contributed by atoms with Crippen LogP contribution < -0.4 is 5.73 Å². The Morgan fingerprint density at radius 3 is 2.45 bits per heavy atom. The van der Waals surface area contributed by atoms with Crippen LogP contribution in [0, 0.1) is 34.5 Å². The molecule has 2 fully saturated rings. The molecule has 1 aliphatic heterocycles. The van der Waals surface area contributed by atoms with Gasteiger partial charge in [-0.1, -0.05) is 25.3 Å². The van der Waals surface area contributed by atoms with Gasteiger partial charge in [0.25, 0.3) is 0 Å². The van der Waals surface area contributed by atoms with Crippen molar-refractivity contribution in [3.8, 4) is 17.9 Å². The van der Waals surface area contributed by atoms with Crippen LogP contribution in [0.25, 0.3) is 0 Å². The van der Waals surface area contributed by atoms with E-state index in [9.17, 15) is 5.26 Å². The normalized spacial score (nSPS) is 28.8. The van der Waals surface area contributed by atoms with Crippen LogP contribution in [0.4, 0.5) is 0 Å². The number of fused-ring (bicyclic) bond motifs is 5. The molecule has 6 rings (SSSR count). The first kappa shape index (κ1) is 21.7. The van der Waals surface area contributed by atoms with Crippen molar-refractivity contribution in [3.05, 3.63) is 69.8 Å². The van der Waals surface area contributed by atoms with E-state index in [1.807, 2.05) is 25.3 Å². The number of hydrogen-bond donors (Lipinski definition) is 1. The summed E-state index contributed by atoms with van der Waals surface area (Å²) < 4.78 is 5.71. The Balaban J connectivity index is 0.00000228. The first-order valence-electron chi connectivity index (χ1n) is 11.7. The van der Waals surface area contributed by atoms with Gasteiger partial charge in [-0.2, -0.15) is 5.26 Å². The van der Waals surface area contributed by atoms with Crippen molar-refractivity contribution in [2.75, 3.05) is 7.11 Å². The van der Waals surface area contributed by atoms with E-state index in [0.29, 0.717) is 23.4 Å². The van der Waals surface area contributed by atoms with Crippen LogP contribution in [0.2, 0.25) is 0 Å². The number of amidine groups is 1. The van der Waals surface area contributed by atoms with Gasteiger partial charge in [-0.05, 0) is 92.0 Å². The Bertz CT molecular complexity index is 1250. The number of nitrogens with zero attached hydrogens (tertiary/aromatic N) is 2. The van der Waals surface area contributed by atoms with Gasteiger partial charge in [0.2, 0.25) is 0 Å². The van der Waals surface area contributed by atoms with Crippen LogP contribution in [0.1, 0.15) is 79.3 Å². The summed E-state index contributed by atoms with van der Waals surface area (Å²) >= 11 is 0.